The normalized spacial score (nSPS) is 39.4. The number of carbonyl (C=O) groups is 4. The van der Waals surface area contributed by atoms with Gasteiger partial charge in [-0.15, -0.1) is 6.58 Å². The summed E-state index contributed by atoms with van der Waals surface area (Å²) in [5.41, 5.74) is 1.38. The van der Waals surface area contributed by atoms with Gasteiger partial charge in [-0.3, -0.25) is 19.2 Å². The van der Waals surface area contributed by atoms with Crippen molar-refractivity contribution in [2.75, 3.05) is 0 Å². The Bertz CT molecular complexity index is 1020. The van der Waals surface area contributed by atoms with Gasteiger partial charge in [-0.1, -0.05) is 31.9 Å². The summed E-state index contributed by atoms with van der Waals surface area (Å²) < 4.78 is 11.6. The van der Waals surface area contributed by atoms with E-state index in [4.69, 9.17) is 9.47 Å². The second-order valence-electron chi connectivity index (χ2n) is 12.8. The number of fused-ring (bicyclic) bond motifs is 5. The molecule has 0 aliphatic heterocycles. The molecular formula is C31H44O6. The lowest BCUT2D eigenvalue weighted by molar-refractivity contribution is -0.173. The Balaban J connectivity index is 1.66. The van der Waals surface area contributed by atoms with Crippen LogP contribution in [0.5, 0.6) is 0 Å². The quantitative estimate of drug-likeness (QED) is 0.317. The maximum atomic E-state index is 13.6. The Hall–Kier alpha value is -2.24. The van der Waals surface area contributed by atoms with Crippen molar-refractivity contribution in [3.8, 4) is 0 Å². The third-order valence-electron chi connectivity index (χ3n) is 10.5. The fourth-order valence-electron chi connectivity index (χ4n) is 8.63. The summed E-state index contributed by atoms with van der Waals surface area (Å²) in [6.45, 7) is 15.0. The number of esters is 2. The lowest BCUT2D eigenvalue weighted by Crippen LogP contribution is -2.58. The van der Waals surface area contributed by atoms with Crippen molar-refractivity contribution >= 4 is 23.5 Å². The minimum atomic E-state index is -0.680. The molecular weight excluding hydrogens is 468 g/mol. The number of carbonyl (C=O) groups excluding carboxylic acids is 4. The first-order chi connectivity index (χ1) is 17.3. The molecule has 6 heteroatoms. The van der Waals surface area contributed by atoms with Gasteiger partial charge in [0.05, 0.1) is 0 Å². The second-order valence-corrected chi connectivity index (χ2v) is 12.8. The summed E-state index contributed by atoms with van der Waals surface area (Å²) >= 11 is 0. The van der Waals surface area contributed by atoms with Crippen LogP contribution >= 0.6 is 0 Å². The van der Waals surface area contributed by atoms with Crippen LogP contribution in [0.4, 0.5) is 0 Å². The molecule has 4 aliphatic carbocycles. The lowest BCUT2D eigenvalue weighted by Gasteiger charge is -2.61. The largest absolute Gasteiger partial charge is 0.463 e. The molecule has 3 saturated carbocycles. The number of ether oxygens (including phenoxy) is 2. The van der Waals surface area contributed by atoms with Gasteiger partial charge in [0.2, 0.25) is 0 Å². The summed E-state index contributed by atoms with van der Waals surface area (Å²) in [5, 5.41) is 0. The van der Waals surface area contributed by atoms with Gasteiger partial charge in [-0.25, -0.2) is 0 Å². The van der Waals surface area contributed by atoms with Crippen LogP contribution in [0.15, 0.2) is 23.8 Å². The Kier molecular flexibility index (Phi) is 7.62. The van der Waals surface area contributed by atoms with E-state index in [0.29, 0.717) is 25.2 Å². The highest BCUT2D eigenvalue weighted by Gasteiger charge is 2.64. The molecule has 3 fully saturated rings. The number of Topliss-reactive ketones (excluding diaryl/α,β-unsaturated/α-hetero) is 1. The topological polar surface area (TPSA) is 86.7 Å². The third-order valence-corrected chi connectivity index (χ3v) is 10.5. The lowest BCUT2D eigenvalue weighted by atomic mass is 9.45. The van der Waals surface area contributed by atoms with Gasteiger partial charge in [0.1, 0.15) is 18.0 Å². The molecule has 0 aromatic carbocycles. The number of allylic oxidation sites excluding steroid dienone is 2. The fraction of sp³-hybridized carbons (Fsp3) is 0.742. The highest BCUT2D eigenvalue weighted by molar-refractivity contribution is 6.00. The highest BCUT2D eigenvalue weighted by atomic mass is 16.5. The van der Waals surface area contributed by atoms with E-state index in [0.717, 1.165) is 43.3 Å². The number of ketones is 2. The Morgan fingerprint density at radius 1 is 1.03 bits per heavy atom. The molecule has 0 spiro atoms. The minimum absolute atomic E-state index is 0.00248. The van der Waals surface area contributed by atoms with Crippen LogP contribution < -0.4 is 0 Å². The van der Waals surface area contributed by atoms with E-state index in [9.17, 15) is 19.2 Å². The molecule has 0 saturated heterocycles. The van der Waals surface area contributed by atoms with E-state index in [1.807, 2.05) is 19.9 Å². The molecule has 37 heavy (non-hydrogen) atoms. The van der Waals surface area contributed by atoms with Crippen LogP contribution in [0.25, 0.3) is 0 Å². The first-order valence-corrected chi connectivity index (χ1v) is 14.1. The SMILES string of the molecule is C=C(C)CCC(=O)[C@@H](C)[C@H]1C(=O)C=C2[C@@H]3CC[C@H]4C[C@@H](OC(C)=O)CC[C@]4(C)[C@H]3C[C@H](OC(C)=O)[C@@]21C. The standard InChI is InChI=1S/C31H44O6/c1-17(2)8-11-26(34)18(3)29-27(35)15-25-23-10-9-21-14-22(36-19(4)32)12-13-30(21,6)24(23)16-28(31(25,29)7)37-20(5)33/h15,18,21-24,28-29H,1,8-14,16H2,2-7H3/t18-,21+,22+,23-,24+,28+,29+,30+,31-/m1/s1. The molecule has 4 aliphatic rings. The molecule has 6 nitrogen and oxygen atoms in total. The fourth-order valence-corrected chi connectivity index (χ4v) is 8.63. The summed E-state index contributed by atoms with van der Waals surface area (Å²) in [6.07, 6.45) is 7.64. The molecule has 0 heterocycles. The van der Waals surface area contributed by atoms with Crippen molar-refractivity contribution in [2.24, 2.45) is 40.4 Å². The van der Waals surface area contributed by atoms with Crippen molar-refractivity contribution < 1.29 is 28.7 Å². The zero-order valence-corrected chi connectivity index (χ0v) is 23.4. The average molecular weight is 513 g/mol. The van der Waals surface area contributed by atoms with E-state index >= 15 is 0 Å². The number of rotatable bonds is 7. The first kappa shape index (κ1) is 27.8. The summed E-state index contributed by atoms with van der Waals surface area (Å²) in [4.78, 5) is 50.7. The monoisotopic (exact) mass is 512 g/mol. The van der Waals surface area contributed by atoms with Crippen LogP contribution in [-0.4, -0.2) is 35.7 Å². The van der Waals surface area contributed by atoms with E-state index < -0.39 is 23.4 Å². The molecule has 0 aromatic heterocycles. The first-order valence-electron chi connectivity index (χ1n) is 14.1. The number of hydrogen-bond donors (Lipinski definition) is 0. The molecule has 9 atom stereocenters. The smallest absolute Gasteiger partial charge is 0.302 e. The van der Waals surface area contributed by atoms with Gasteiger partial charge in [-0.05, 0) is 81.1 Å². The maximum absolute atomic E-state index is 13.6. The van der Waals surface area contributed by atoms with Crippen molar-refractivity contribution in [3.05, 3.63) is 23.8 Å². The van der Waals surface area contributed by atoms with Crippen LogP contribution in [0.3, 0.4) is 0 Å². The predicted molar refractivity (Wildman–Crippen MR) is 140 cm³/mol. The Morgan fingerprint density at radius 2 is 1.70 bits per heavy atom. The molecule has 204 valence electrons. The molecule has 4 rings (SSSR count). The van der Waals surface area contributed by atoms with Crippen molar-refractivity contribution in [3.63, 3.8) is 0 Å². The zero-order chi connectivity index (χ0) is 27.3. The molecule has 0 unspecified atom stereocenters. The van der Waals surface area contributed by atoms with Crippen LogP contribution in [0.2, 0.25) is 0 Å². The zero-order valence-electron chi connectivity index (χ0n) is 23.4. The van der Waals surface area contributed by atoms with Crippen molar-refractivity contribution in [1.82, 2.24) is 0 Å². The maximum Gasteiger partial charge on any atom is 0.302 e. The predicted octanol–water partition coefficient (Wildman–Crippen LogP) is 5.78. The second kappa shape index (κ2) is 10.1. The van der Waals surface area contributed by atoms with E-state index in [1.54, 1.807) is 0 Å². The molecule has 0 radical (unpaired) electrons. The summed E-state index contributed by atoms with van der Waals surface area (Å²) in [6, 6.07) is 0. The van der Waals surface area contributed by atoms with Gasteiger partial charge in [0.15, 0.2) is 5.78 Å². The van der Waals surface area contributed by atoms with Gasteiger partial charge in [0.25, 0.3) is 0 Å². The average Bonchev–Trinajstić information content (AvgIpc) is 3.08. The van der Waals surface area contributed by atoms with E-state index in [-0.39, 0.29) is 46.9 Å². The van der Waals surface area contributed by atoms with Crippen molar-refractivity contribution in [1.29, 1.82) is 0 Å². The van der Waals surface area contributed by atoms with E-state index in [2.05, 4.69) is 20.4 Å². The van der Waals surface area contributed by atoms with Gasteiger partial charge < -0.3 is 9.47 Å². The van der Waals surface area contributed by atoms with Gasteiger partial charge >= 0.3 is 11.9 Å². The van der Waals surface area contributed by atoms with Crippen LogP contribution in [0.1, 0.15) is 92.9 Å². The Morgan fingerprint density at radius 3 is 2.32 bits per heavy atom. The molecule has 0 N–H and O–H groups in total. The van der Waals surface area contributed by atoms with Gasteiger partial charge in [-0.2, -0.15) is 0 Å². The molecule has 0 aromatic rings. The van der Waals surface area contributed by atoms with Gasteiger partial charge in [0, 0.05) is 37.5 Å². The van der Waals surface area contributed by atoms with Crippen LogP contribution in [-0.2, 0) is 28.7 Å². The summed E-state index contributed by atoms with van der Waals surface area (Å²) in [5.74, 6) is -0.549. The van der Waals surface area contributed by atoms with E-state index in [1.165, 1.54) is 13.8 Å². The van der Waals surface area contributed by atoms with Crippen molar-refractivity contribution in [2.45, 2.75) is 105 Å². The Labute approximate surface area is 221 Å². The third kappa shape index (κ3) is 4.85. The molecule has 0 amide bonds. The molecule has 0 bridgehead atoms. The summed E-state index contributed by atoms with van der Waals surface area (Å²) in [7, 11) is 0. The highest BCUT2D eigenvalue weighted by Crippen LogP contribution is 2.66. The number of hydrogen-bond acceptors (Lipinski definition) is 6. The van der Waals surface area contributed by atoms with Crippen LogP contribution in [0, 0.1) is 40.4 Å². The minimum Gasteiger partial charge on any atom is -0.463 e.